The Bertz CT molecular complexity index is 940. The summed E-state index contributed by atoms with van der Waals surface area (Å²) < 4.78 is 6.17. The molecule has 1 saturated heterocycles. The van der Waals surface area contributed by atoms with E-state index in [-0.39, 0.29) is 11.8 Å². The molecule has 6 heteroatoms. The maximum Gasteiger partial charge on any atom is 0.303 e. The molecule has 2 aliphatic heterocycles. The van der Waals surface area contributed by atoms with Gasteiger partial charge in [0.25, 0.3) is 0 Å². The van der Waals surface area contributed by atoms with Gasteiger partial charge in [-0.1, -0.05) is 36.7 Å². The number of ether oxygens (including phenoxy) is 1. The molecule has 0 saturated carbocycles. The quantitative estimate of drug-likeness (QED) is 0.506. The second-order valence-electron chi connectivity index (χ2n) is 8.59. The number of benzene rings is 2. The molecule has 2 aliphatic rings. The summed E-state index contributed by atoms with van der Waals surface area (Å²) in [5.74, 6) is 1.18. The molecule has 2 aromatic carbocycles. The first kappa shape index (κ1) is 22.5. The van der Waals surface area contributed by atoms with Crippen LogP contribution < -0.4 is 4.74 Å². The van der Waals surface area contributed by atoms with E-state index in [1.165, 1.54) is 21.6 Å². The highest BCUT2D eigenvalue weighted by Crippen LogP contribution is 2.47. The van der Waals surface area contributed by atoms with E-state index in [2.05, 4.69) is 36.1 Å². The van der Waals surface area contributed by atoms with Crippen LogP contribution >= 0.6 is 23.4 Å². The van der Waals surface area contributed by atoms with Crippen molar-refractivity contribution in [2.24, 2.45) is 0 Å². The van der Waals surface area contributed by atoms with E-state index in [4.69, 9.17) is 21.4 Å². The van der Waals surface area contributed by atoms with Crippen LogP contribution in [0.4, 0.5) is 0 Å². The molecule has 0 atom stereocenters. The zero-order chi connectivity index (χ0) is 21.8. The van der Waals surface area contributed by atoms with Gasteiger partial charge in [-0.2, -0.15) is 0 Å². The molecule has 2 aromatic rings. The molecule has 0 bridgehead atoms. The molecule has 0 amide bonds. The maximum atomic E-state index is 10.7. The third-order valence-electron chi connectivity index (χ3n) is 6.69. The van der Waals surface area contributed by atoms with E-state index >= 15 is 0 Å². The Balaban J connectivity index is 1.38. The number of hydrogen-bond acceptors (Lipinski definition) is 4. The molecule has 4 rings (SSSR count). The lowest BCUT2D eigenvalue weighted by atomic mass is 9.74. The van der Waals surface area contributed by atoms with Gasteiger partial charge in [-0.25, -0.2) is 0 Å². The Hall–Kier alpha value is -1.69. The van der Waals surface area contributed by atoms with Crippen molar-refractivity contribution < 1.29 is 14.6 Å². The number of fused-ring (bicyclic) bond motifs is 2. The Morgan fingerprint density at radius 3 is 2.81 bits per heavy atom. The summed E-state index contributed by atoms with van der Waals surface area (Å²) in [4.78, 5) is 14.3. The molecule has 4 nitrogen and oxygen atoms in total. The number of nitrogens with zero attached hydrogens (tertiary/aromatic N) is 1. The first-order chi connectivity index (χ1) is 15.0. The third-order valence-corrected chi connectivity index (χ3v) is 8.06. The van der Waals surface area contributed by atoms with Crippen molar-refractivity contribution in [1.82, 2.24) is 4.90 Å². The second kappa shape index (κ2) is 9.85. The van der Waals surface area contributed by atoms with Gasteiger partial charge in [0.05, 0.1) is 6.61 Å². The highest BCUT2D eigenvalue weighted by atomic mass is 35.5. The van der Waals surface area contributed by atoms with Crippen LogP contribution in [0.5, 0.6) is 5.75 Å². The molecular weight excluding hydrogens is 430 g/mol. The van der Waals surface area contributed by atoms with Gasteiger partial charge in [0.2, 0.25) is 0 Å². The number of hydrogen-bond donors (Lipinski definition) is 1. The van der Waals surface area contributed by atoms with Crippen LogP contribution in [0.15, 0.2) is 41.3 Å². The predicted molar refractivity (Wildman–Crippen MR) is 127 cm³/mol. The number of carboxylic acid groups (broad SMARTS) is 1. The highest BCUT2D eigenvalue weighted by molar-refractivity contribution is 7.98. The lowest BCUT2D eigenvalue weighted by Gasteiger charge is -2.38. The van der Waals surface area contributed by atoms with Crippen molar-refractivity contribution in [1.29, 1.82) is 0 Å². The van der Waals surface area contributed by atoms with Crippen LogP contribution in [0.2, 0.25) is 5.02 Å². The molecule has 166 valence electrons. The van der Waals surface area contributed by atoms with Crippen molar-refractivity contribution >= 4 is 29.3 Å². The van der Waals surface area contributed by atoms with Crippen molar-refractivity contribution in [3.8, 4) is 5.75 Å². The summed E-state index contributed by atoms with van der Waals surface area (Å²) in [5, 5.41) is 9.69. The number of rotatable bonds is 8. The van der Waals surface area contributed by atoms with E-state index in [0.717, 1.165) is 68.4 Å². The summed E-state index contributed by atoms with van der Waals surface area (Å²) in [6, 6.07) is 12.8. The van der Waals surface area contributed by atoms with Crippen LogP contribution in [0.1, 0.15) is 49.3 Å². The van der Waals surface area contributed by atoms with E-state index in [9.17, 15) is 4.79 Å². The Morgan fingerprint density at radius 2 is 2.06 bits per heavy atom. The molecule has 1 N–H and O–H groups in total. The monoisotopic (exact) mass is 459 g/mol. The average Bonchev–Trinajstić information content (AvgIpc) is 3.11. The Labute approximate surface area is 193 Å². The number of aliphatic carboxylic acids is 1. The topological polar surface area (TPSA) is 49.8 Å². The van der Waals surface area contributed by atoms with Crippen molar-refractivity contribution in [3.63, 3.8) is 0 Å². The fourth-order valence-electron chi connectivity index (χ4n) is 4.77. The van der Waals surface area contributed by atoms with E-state index in [1.54, 1.807) is 0 Å². The molecule has 2 heterocycles. The van der Waals surface area contributed by atoms with Gasteiger partial charge in [-0.05, 0) is 74.6 Å². The van der Waals surface area contributed by atoms with E-state index < -0.39 is 5.97 Å². The molecule has 1 fully saturated rings. The van der Waals surface area contributed by atoms with Gasteiger partial charge in [-0.3, -0.25) is 4.79 Å². The second-order valence-corrected chi connectivity index (χ2v) is 10.0. The molecule has 0 radical (unpaired) electrons. The zero-order valence-corrected chi connectivity index (χ0v) is 19.6. The fraction of sp³-hybridized carbons (Fsp3) is 0.480. The summed E-state index contributed by atoms with van der Waals surface area (Å²) in [6.45, 7) is 5.80. The number of likely N-dealkylation sites (tertiary alicyclic amines) is 1. The smallest absolute Gasteiger partial charge is 0.303 e. The maximum absolute atomic E-state index is 10.7. The summed E-state index contributed by atoms with van der Waals surface area (Å²) >= 11 is 8.26. The normalized spacial score (nSPS) is 17.5. The number of carboxylic acids is 1. The van der Waals surface area contributed by atoms with Crippen LogP contribution in [-0.2, 0) is 22.4 Å². The number of halogens is 1. The Kier molecular flexibility index (Phi) is 7.15. The minimum absolute atomic E-state index is 0.111. The first-order valence-electron chi connectivity index (χ1n) is 11.1. The predicted octanol–water partition coefficient (Wildman–Crippen LogP) is 5.79. The van der Waals surface area contributed by atoms with Gasteiger partial charge in [0, 0.05) is 33.1 Å². The van der Waals surface area contributed by atoms with Gasteiger partial charge >= 0.3 is 5.97 Å². The van der Waals surface area contributed by atoms with Crippen LogP contribution in [0.25, 0.3) is 0 Å². The van der Waals surface area contributed by atoms with Crippen LogP contribution in [0, 0.1) is 0 Å². The number of piperidine rings is 1. The van der Waals surface area contributed by atoms with Gasteiger partial charge < -0.3 is 14.7 Å². The van der Waals surface area contributed by atoms with Crippen molar-refractivity contribution in [2.45, 2.75) is 55.1 Å². The number of thioether (sulfide) groups is 1. The largest absolute Gasteiger partial charge is 0.492 e. The lowest BCUT2D eigenvalue weighted by Crippen LogP contribution is -2.43. The van der Waals surface area contributed by atoms with Crippen molar-refractivity contribution in [2.75, 3.05) is 26.2 Å². The minimum atomic E-state index is -0.708. The molecular formula is C25H30ClNO3S. The van der Waals surface area contributed by atoms with Gasteiger partial charge in [0.15, 0.2) is 0 Å². The Morgan fingerprint density at radius 1 is 1.26 bits per heavy atom. The third kappa shape index (κ3) is 5.05. The standard InChI is InChI=1S/C25H30ClNO3S/c1-2-18-5-3-6-22(26)20(18)16-31-19-8-9-21-23(15-19)30-17-25(21)10-13-27(14-11-25)12-4-7-24(28)29/h3,5-6,8-9,15H,2,4,7,10-14,16-17H2,1H3,(H,28,29). The van der Waals surface area contributed by atoms with E-state index in [0.29, 0.717) is 0 Å². The highest BCUT2D eigenvalue weighted by Gasteiger charge is 2.42. The molecule has 31 heavy (non-hydrogen) atoms. The first-order valence-corrected chi connectivity index (χ1v) is 12.5. The van der Waals surface area contributed by atoms with Crippen LogP contribution in [-0.4, -0.2) is 42.2 Å². The van der Waals surface area contributed by atoms with E-state index in [1.807, 2.05) is 23.9 Å². The van der Waals surface area contributed by atoms with Gasteiger partial charge in [0.1, 0.15) is 5.75 Å². The van der Waals surface area contributed by atoms with Gasteiger partial charge in [-0.15, -0.1) is 11.8 Å². The zero-order valence-electron chi connectivity index (χ0n) is 18.0. The number of aryl methyl sites for hydroxylation is 1. The summed E-state index contributed by atoms with van der Waals surface area (Å²) in [5.41, 5.74) is 3.99. The van der Waals surface area contributed by atoms with Crippen LogP contribution in [0.3, 0.4) is 0 Å². The average molecular weight is 460 g/mol. The van der Waals surface area contributed by atoms with Crippen molar-refractivity contribution in [3.05, 3.63) is 58.1 Å². The lowest BCUT2D eigenvalue weighted by molar-refractivity contribution is -0.137. The molecule has 0 aliphatic carbocycles. The minimum Gasteiger partial charge on any atom is -0.492 e. The fourth-order valence-corrected chi connectivity index (χ4v) is 6.11. The molecule has 0 aromatic heterocycles. The number of carbonyl (C=O) groups is 1. The summed E-state index contributed by atoms with van der Waals surface area (Å²) in [7, 11) is 0. The SMILES string of the molecule is CCc1cccc(Cl)c1CSc1ccc2c(c1)OCC21CCN(CCCC(=O)O)CC1. The summed E-state index contributed by atoms with van der Waals surface area (Å²) in [6.07, 6.45) is 4.10. The molecule has 1 spiro atoms. The molecule has 0 unspecified atom stereocenters.